The van der Waals surface area contributed by atoms with E-state index in [0.717, 1.165) is 0 Å². The molecule has 11 heteroatoms. The number of aliphatic carboxylic acids is 1. The minimum Gasteiger partial charge on any atom is -0.480 e. The highest BCUT2D eigenvalue weighted by molar-refractivity contribution is 5.95. The highest BCUT2D eigenvalue weighted by Crippen LogP contribution is 2.06. The van der Waals surface area contributed by atoms with Crippen LogP contribution in [0.5, 0.6) is 0 Å². The van der Waals surface area contributed by atoms with Crippen molar-refractivity contribution in [3.05, 3.63) is 0 Å². The van der Waals surface area contributed by atoms with Gasteiger partial charge < -0.3 is 32.5 Å². The third-order valence-electron chi connectivity index (χ3n) is 3.00. The summed E-state index contributed by atoms with van der Waals surface area (Å²) in [4.78, 5) is 57.3. The summed E-state index contributed by atoms with van der Waals surface area (Å²) in [7, 11) is 0. The fourth-order valence-electron chi connectivity index (χ4n) is 1.92. The van der Waals surface area contributed by atoms with E-state index in [1.165, 1.54) is 0 Å². The number of carbonyl (C=O) groups is 5. The largest absolute Gasteiger partial charge is 0.480 e. The summed E-state index contributed by atoms with van der Waals surface area (Å²) in [5, 5.41) is 15.4. The molecule has 0 aliphatic rings. The number of hydrogen-bond acceptors (Lipinski definition) is 6. The summed E-state index contributed by atoms with van der Waals surface area (Å²) in [6.45, 7) is 2.62. The normalized spacial score (nSPS) is 12.8. The van der Waals surface area contributed by atoms with Gasteiger partial charge in [-0.05, 0) is 12.3 Å². The van der Waals surface area contributed by atoms with Crippen LogP contribution >= 0.6 is 0 Å². The average molecular weight is 359 g/mol. The van der Waals surface area contributed by atoms with Gasteiger partial charge in [-0.2, -0.15) is 0 Å². The van der Waals surface area contributed by atoms with E-state index >= 15 is 0 Å². The van der Waals surface area contributed by atoms with Crippen molar-refractivity contribution in [2.45, 2.75) is 38.8 Å². The first-order chi connectivity index (χ1) is 11.6. The smallest absolute Gasteiger partial charge is 0.322 e. The summed E-state index contributed by atoms with van der Waals surface area (Å²) in [5.74, 6) is -4.20. The van der Waals surface area contributed by atoms with E-state index in [9.17, 15) is 24.0 Å². The van der Waals surface area contributed by atoms with Crippen molar-refractivity contribution < 1.29 is 29.1 Å². The number of carboxylic acids is 1. The molecule has 0 fully saturated rings. The zero-order valence-corrected chi connectivity index (χ0v) is 14.2. The number of amides is 4. The molecule has 0 saturated carbocycles. The second kappa shape index (κ2) is 11.0. The number of hydrogen-bond donors (Lipinski definition) is 6. The Kier molecular flexibility index (Phi) is 9.79. The molecule has 0 rings (SSSR count). The second-order valence-electron chi connectivity index (χ2n) is 5.80. The van der Waals surface area contributed by atoms with Gasteiger partial charge in [0.05, 0.1) is 13.0 Å². The van der Waals surface area contributed by atoms with Gasteiger partial charge in [-0.25, -0.2) is 0 Å². The number of carboxylic acid groups (broad SMARTS) is 1. The molecule has 0 aromatic heterocycles. The maximum absolute atomic E-state index is 12.3. The van der Waals surface area contributed by atoms with Crippen LogP contribution in [-0.2, 0) is 24.0 Å². The average Bonchev–Trinajstić information content (AvgIpc) is 2.49. The standard InChI is InChI=1S/C14H25N5O6/c1-7(2)3-8(13(24)17-6-12(22)23)19-14(25)9(4-10(16)20)18-11(21)5-15/h7-9H,3-6,15H2,1-2H3,(H2,16,20)(H,17,24)(H,18,21)(H,19,25)(H,22,23). The van der Waals surface area contributed by atoms with E-state index in [1.807, 2.05) is 0 Å². The molecule has 0 aromatic rings. The molecule has 25 heavy (non-hydrogen) atoms. The van der Waals surface area contributed by atoms with E-state index in [2.05, 4.69) is 16.0 Å². The van der Waals surface area contributed by atoms with Crippen LogP contribution in [0.1, 0.15) is 26.7 Å². The van der Waals surface area contributed by atoms with Crippen molar-refractivity contribution in [3.63, 3.8) is 0 Å². The maximum atomic E-state index is 12.3. The summed E-state index contributed by atoms with van der Waals surface area (Å²) in [5.41, 5.74) is 10.2. The Morgan fingerprint density at radius 1 is 1.00 bits per heavy atom. The van der Waals surface area contributed by atoms with Gasteiger partial charge in [0.25, 0.3) is 0 Å². The molecule has 0 saturated heterocycles. The molecular formula is C14H25N5O6. The van der Waals surface area contributed by atoms with Crippen LogP contribution < -0.4 is 27.4 Å². The first kappa shape index (κ1) is 22.3. The molecule has 142 valence electrons. The quantitative estimate of drug-likeness (QED) is 0.227. The first-order valence-corrected chi connectivity index (χ1v) is 7.64. The molecule has 0 spiro atoms. The summed E-state index contributed by atoms with van der Waals surface area (Å²) < 4.78 is 0. The Hall–Kier alpha value is -2.69. The van der Waals surface area contributed by atoms with Gasteiger partial charge in [0, 0.05) is 0 Å². The molecule has 0 radical (unpaired) electrons. The topological polar surface area (TPSA) is 194 Å². The lowest BCUT2D eigenvalue weighted by molar-refractivity contribution is -0.138. The highest BCUT2D eigenvalue weighted by atomic mass is 16.4. The van der Waals surface area contributed by atoms with E-state index < -0.39 is 61.2 Å². The molecule has 2 unspecified atom stereocenters. The van der Waals surface area contributed by atoms with Gasteiger partial charge in [0.1, 0.15) is 18.6 Å². The number of nitrogens with one attached hydrogen (secondary N) is 3. The van der Waals surface area contributed by atoms with Gasteiger partial charge >= 0.3 is 5.97 Å². The number of primary amides is 1. The molecule has 0 aromatic carbocycles. The van der Waals surface area contributed by atoms with Crippen molar-refractivity contribution >= 4 is 29.6 Å². The summed E-state index contributed by atoms with van der Waals surface area (Å²) >= 11 is 0. The zero-order valence-electron chi connectivity index (χ0n) is 14.2. The first-order valence-electron chi connectivity index (χ1n) is 7.64. The Balaban J connectivity index is 5.09. The van der Waals surface area contributed by atoms with Crippen LogP contribution in [0.3, 0.4) is 0 Å². The fraction of sp³-hybridized carbons (Fsp3) is 0.643. The van der Waals surface area contributed by atoms with Crippen LogP contribution in [0.15, 0.2) is 0 Å². The van der Waals surface area contributed by atoms with E-state index in [1.54, 1.807) is 13.8 Å². The lowest BCUT2D eigenvalue weighted by Gasteiger charge is -2.23. The van der Waals surface area contributed by atoms with Crippen molar-refractivity contribution in [1.82, 2.24) is 16.0 Å². The minimum atomic E-state index is -1.28. The third kappa shape index (κ3) is 9.91. The molecule has 0 aliphatic heterocycles. The molecule has 0 bridgehead atoms. The van der Waals surface area contributed by atoms with Gasteiger partial charge in [-0.3, -0.25) is 24.0 Å². The Morgan fingerprint density at radius 3 is 2.04 bits per heavy atom. The minimum absolute atomic E-state index is 0.00843. The second-order valence-corrected chi connectivity index (χ2v) is 5.80. The zero-order chi connectivity index (χ0) is 19.6. The third-order valence-corrected chi connectivity index (χ3v) is 3.00. The monoisotopic (exact) mass is 359 g/mol. The highest BCUT2D eigenvalue weighted by Gasteiger charge is 2.28. The van der Waals surface area contributed by atoms with Crippen LogP contribution in [-0.4, -0.2) is 59.9 Å². The molecule has 4 amide bonds. The van der Waals surface area contributed by atoms with Crippen LogP contribution in [0.2, 0.25) is 0 Å². The Bertz CT molecular complexity index is 522. The Labute approximate surface area is 144 Å². The lowest BCUT2D eigenvalue weighted by Crippen LogP contribution is -2.55. The molecule has 0 aliphatic carbocycles. The fourth-order valence-corrected chi connectivity index (χ4v) is 1.92. The maximum Gasteiger partial charge on any atom is 0.322 e. The van der Waals surface area contributed by atoms with Crippen LogP contribution in [0, 0.1) is 5.92 Å². The van der Waals surface area contributed by atoms with Gasteiger partial charge in [-0.15, -0.1) is 0 Å². The molecule has 2 atom stereocenters. The van der Waals surface area contributed by atoms with Crippen molar-refractivity contribution in [1.29, 1.82) is 0 Å². The number of rotatable bonds is 11. The van der Waals surface area contributed by atoms with E-state index in [4.69, 9.17) is 16.6 Å². The SMILES string of the molecule is CC(C)CC(NC(=O)C(CC(N)=O)NC(=O)CN)C(=O)NCC(=O)O. The lowest BCUT2D eigenvalue weighted by atomic mass is 10.0. The Morgan fingerprint density at radius 2 is 1.60 bits per heavy atom. The number of nitrogens with two attached hydrogens (primary N) is 2. The van der Waals surface area contributed by atoms with E-state index in [-0.39, 0.29) is 12.3 Å². The predicted octanol–water partition coefficient (Wildman–Crippen LogP) is -2.96. The summed E-state index contributed by atoms with van der Waals surface area (Å²) in [6, 6.07) is -2.31. The van der Waals surface area contributed by atoms with Crippen LogP contribution in [0.25, 0.3) is 0 Å². The van der Waals surface area contributed by atoms with Crippen LogP contribution in [0.4, 0.5) is 0 Å². The molecule has 11 nitrogen and oxygen atoms in total. The van der Waals surface area contributed by atoms with Gasteiger partial charge in [-0.1, -0.05) is 13.8 Å². The van der Waals surface area contributed by atoms with Crippen molar-refractivity contribution in [3.8, 4) is 0 Å². The molecule has 0 heterocycles. The van der Waals surface area contributed by atoms with Gasteiger partial charge in [0.15, 0.2) is 0 Å². The predicted molar refractivity (Wildman–Crippen MR) is 86.8 cm³/mol. The molecule has 8 N–H and O–H groups in total. The van der Waals surface area contributed by atoms with Gasteiger partial charge in [0.2, 0.25) is 23.6 Å². The van der Waals surface area contributed by atoms with E-state index in [0.29, 0.717) is 0 Å². The number of carbonyl (C=O) groups excluding carboxylic acids is 4. The molecular weight excluding hydrogens is 334 g/mol. The van der Waals surface area contributed by atoms with Crippen molar-refractivity contribution in [2.24, 2.45) is 17.4 Å². The summed E-state index contributed by atoms with van der Waals surface area (Å²) in [6.07, 6.45) is -0.242. The van der Waals surface area contributed by atoms with Crippen molar-refractivity contribution in [2.75, 3.05) is 13.1 Å².